The molecule has 1 atom stereocenters. The number of morpholine rings is 1. The third-order valence-electron chi connectivity index (χ3n) is 4.86. The summed E-state index contributed by atoms with van der Waals surface area (Å²) in [6, 6.07) is 8.09. The van der Waals surface area contributed by atoms with Gasteiger partial charge in [0.15, 0.2) is 0 Å². The fourth-order valence-electron chi connectivity index (χ4n) is 3.13. The molecule has 1 unspecified atom stereocenters. The summed E-state index contributed by atoms with van der Waals surface area (Å²) < 4.78 is 5.40. The lowest BCUT2D eigenvalue weighted by molar-refractivity contribution is -0.122. The van der Waals surface area contributed by atoms with Crippen LogP contribution in [0.3, 0.4) is 0 Å². The van der Waals surface area contributed by atoms with Crippen molar-refractivity contribution in [3.8, 4) is 0 Å². The number of carbonyl (C=O) groups is 1. The van der Waals surface area contributed by atoms with Gasteiger partial charge in [-0.3, -0.25) is 4.79 Å². The fraction of sp³-hybridized carbons (Fsp3) is 0.611. The van der Waals surface area contributed by atoms with Gasteiger partial charge >= 0.3 is 0 Å². The first kappa shape index (κ1) is 18.2. The Kier molecular flexibility index (Phi) is 6.88. The minimum absolute atomic E-state index is 0.0449. The zero-order chi connectivity index (χ0) is 16.7. The molecule has 1 amide bonds. The quantitative estimate of drug-likeness (QED) is 0.803. The molecule has 0 aromatic heterocycles. The largest absolute Gasteiger partial charge is 0.378 e. The van der Waals surface area contributed by atoms with Gasteiger partial charge in [-0.1, -0.05) is 37.6 Å². The Morgan fingerprint density at radius 3 is 2.61 bits per heavy atom. The molecule has 1 heterocycles. The van der Waals surface area contributed by atoms with E-state index >= 15 is 0 Å². The molecule has 1 aliphatic rings. The molecule has 0 spiro atoms. The average molecular weight is 339 g/mol. The van der Waals surface area contributed by atoms with Gasteiger partial charge in [0.05, 0.1) is 13.2 Å². The third kappa shape index (κ3) is 4.93. The van der Waals surface area contributed by atoms with Gasteiger partial charge in [0, 0.05) is 36.0 Å². The first-order valence-electron chi connectivity index (χ1n) is 8.43. The lowest BCUT2D eigenvalue weighted by Crippen LogP contribution is -2.46. The highest BCUT2D eigenvalue weighted by Crippen LogP contribution is 2.31. The van der Waals surface area contributed by atoms with Crippen LogP contribution in [0, 0.1) is 0 Å². The first-order valence-corrected chi connectivity index (χ1v) is 8.81. The number of halogens is 1. The number of benzene rings is 1. The monoisotopic (exact) mass is 338 g/mol. The van der Waals surface area contributed by atoms with E-state index < -0.39 is 0 Å². The van der Waals surface area contributed by atoms with E-state index in [1.165, 1.54) is 5.56 Å². The van der Waals surface area contributed by atoms with Crippen LogP contribution in [0.2, 0.25) is 5.02 Å². The molecule has 1 aromatic rings. The van der Waals surface area contributed by atoms with Crippen LogP contribution >= 0.6 is 11.6 Å². The normalized spacial score (nSPS) is 18.7. The van der Waals surface area contributed by atoms with E-state index in [4.69, 9.17) is 16.3 Å². The second kappa shape index (κ2) is 8.67. The molecule has 1 aromatic carbocycles. The molecule has 128 valence electrons. The highest BCUT2D eigenvalue weighted by Gasteiger charge is 2.29. The molecule has 0 bridgehead atoms. The van der Waals surface area contributed by atoms with Crippen molar-refractivity contribution in [2.24, 2.45) is 0 Å². The van der Waals surface area contributed by atoms with E-state index in [-0.39, 0.29) is 17.4 Å². The predicted octanol–water partition coefficient (Wildman–Crippen LogP) is 2.89. The highest BCUT2D eigenvalue weighted by atomic mass is 35.5. The Morgan fingerprint density at radius 2 is 2.04 bits per heavy atom. The number of rotatable bonds is 7. The molecule has 1 saturated heterocycles. The predicted molar refractivity (Wildman–Crippen MR) is 93.9 cm³/mol. The lowest BCUT2D eigenvalue weighted by Gasteiger charge is -2.33. The summed E-state index contributed by atoms with van der Waals surface area (Å²) in [7, 11) is 0. The van der Waals surface area contributed by atoms with Crippen molar-refractivity contribution in [2.75, 3.05) is 26.3 Å². The maximum Gasteiger partial charge on any atom is 0.221 e. The molecular weight excluding hydrogens is 312 g/mol. The molecule has 0 saturated carbocycles. The zero-order valence-corrected chi connectivity index (χ0v) is 14.8. The molecule has 0 radical (unpaired) electrons. The van der Waals surface area contributed by atoms with E-state index in [0.29, 0.717) is 19.6 Å². The summed E-state index contributed by atoms with van der Waals surface area (Å²) in [5, 5.41) is 7.17. The summed E-state index contributed by atoms with van der Waals surface area (Å²) in [5.74, 6) is 0.0771. The Morgan fingerprint density at radius 1 is 1.35 bits per heavy atom. The van der Waals surface area contributed by atoms with E-state index in [1.807, 2.05) is 12.1 Å². The number of amides is 1. The van der Waals surface area contributed by atoms with Crippen LogP contribution in [0.4, 0.5) is 0 Å². The van der Waals surface area contributed by atoms with E-state index in [2.05, 4.69) is 36.6 Å². The van der Waals surface area contributed by atoms with Crippen LogP contribution in [-0.2, 0) is 14.9 Å². The average Bonchev–Trinajstić information content (AvgIpc) is 2.58. The van der Waals surface area contributed by atoms with Crippen molar-refractivity contribution in [1.29, 1.82) is 0 Å². The summed E-state index contributed by atoms with van der Waals surface area (Å²) in [6.45, 7) is 7.13. The maximum atomic E-state index is 12.2. The Labute approximate surface area is 143 Å². The molecule has 1 fully saturated rings. The maximum absolute atomic E-state index is 12.2. The zero-order valence-electron chi connectivity index (χ0n) is 14.0. The third-order valence-corrected chi connectivity index (χ3v) is 5.12. The summed E-state index contributed by atoms with van der Waals surface area (Å²) in [5.41, 5.74) is 1.18. The SMILES string of the molecule is CCC(CC)(CNC(=O)CC1COCCN1)c1ccc(Cl)cc1. The fourth-order valence-corrected chi connectivity index (χ4v) is 3.25. The Balaban J connectivity index is 1.95. The van der Waals surface area contributed by atoms with Crippen molar-refractivity contribution in [3.05, 3.63) is 34.9 Å². The Hall–Kier alpha value is -1.10. The molecule has 0 aliphatic carbocycles. The smallest absolute Gasteiger partial charge is 0.221 e. The van der Waals surface area contributed by atoms with Crippen molar-refractivity contribution >= 4 is 17.5 Å². The molecule has 2 N–H and O–H groups in total. The summed E-state index contributed by atoms with van der Waals surface area (Å²) >= 11 is 6.00. The lowest BCUT2D eigenvalue weighted by atomic mass is 9.76. The van der Waals surface area contributed by atoms with Gasteiger partial charge in [-0.2, -0.15) is 0 Å². The van der Waals surface area contributed by atoms with Crippen LogP contribution in [-0.4, -0.2) is 38.3 Å². The highest BCUT2D eigenvalue weighted by molar-refractivity contribution is 6.30. The van der Waals surface area contributed by atoms with E-state index in [0.717, 1.165) is 31.0 Å². The number of carbonyl (C=O) groups excluding carboxylic acids is 1. The standard InChI is InChI=1S/C18H27ClN2O2/c1-3-18(4-2,14-5-7-15(19)8-6-14)13-21-17(22)11-16-12-23-10-9-20-16/h5-8,16,20H,3-4,9-13H2,1-2H3,(H,21,22). The van der Waals surface area contributed by atoms with Gasteiger partial charge in [0.25, 0.3) is 0 Å². The van der Waals surface area contributed by atoms with Gasteiger partial charge in [-0.05, 0) is 30.5 Å². The van der Waals surface area contributed by atoms with Gasteiger partial charge in [0.1, 0.15) is 0 Å². The molecule has 23 heavy (non-hydrogen) atoms. The second-order valence-corrected chi connectivity index (χ2v) is 6.64. The van der Waals surface area contributed by atoms with Crippen molar-refractivity contribution in [1.82, 2.24) is 10.6 Å². The number of hydrogen-bond donors (Lipinski definition) is 2. The van der Waals surface area contributed by atoms with Crippen LogP contribution in [0.15, 0.2) is 24.3 Å². The topological polar surface area (TPSA) is 50.4 Å². The minimum Gasteiger partial charge on any atom is -0.378 e. The number of nitrogens with one attached hydrogen (secondary N) is 2. The van der Waals surface area contributed by atoms with Crippen LogP contribution in [0.1, 0.15) is 38.7 Å². The molecule has 4 nitrogen and oxygen atoms in total. The van der Waals surface area contributed by atoms with E-state index in [9.17, 15) is 4.79 Å². The van der Waals surface area contributed by atoms with Crippen LogP contribution in [0.25, 0.3) is 0 Å². The molecule has 2 rings (SSSR count). The summed E-state index contributed by atoms with van der Waals surface area (Å²) in [4.78, 5) is 12.2. The molecular formula is C18H27ClN2O2. The summed E-state index contributed by atoms with van der Waals surface area (Å²) in [6.07, 6.45) is 2.40. The van der Waals surface area contributed by atoms with Crippen LogP contribution < -0.4 is 10.6 Å². The molecule has 5 heteroatoms. The van der Waals surface area contributed by atoms with Crippen molar-refractivity contribution < 1.29 is 9.53 Å². The number of ether oxygens (including phenoxy) is 1. The van der Waals surface area contributed by atoms with Crippen molar-refractivity contribution in [3.63, 3.8) is 0 Å². The van der Waals surface area contributed by atoms with Crippen molar-refractivity contribution in [2.45, 2.75) is 44.6 Å². The number of hydrogen-bond acceptors (Lipinski definition) is 3. The second-order valence-electron chi connectivity index (χ2n) is 6.20. The van der Waals surface area contributed by atoms with E-state index in [1.54, 1.807) is 0 Å². The Bertz CT molecular complexity index is 494. The minimum atomic E-state index is -0.0449. The molecule has 1 aliphatic heterocycles. The van der Waals surface area contributed by atoms with Crippen LogP contribution in [0.5, 0.6) is 0 Å². The first-order chi connectivity index (χ1) is 11.1. The van der Waals surface area contributed by atoms with Gasteiger partial charge in [-0.15, -0.1) is 0 Å². The van der Waals surface area contributed by atoms with Gasteiger partial charge in [0.2, 0.25) is 5.91 Å². The van der Waals surface area contributed by atoms with Gasteiger partial charge < -0.3 is 15.4 Å². The van der Waals surface area contributed by atoms with Gasteiger partial charge in [-0.25, -0.2) is 0 Å².